The van der Waals surface area contributed by atoms with Gasteiger partial charge in [0.05, 0.1) is 10.6 Å². The number of amides is 2. The van der Waals surface area contributed by atoms with Gasteiger partial charge in [0.25, 0.3) is 10.0 Å². The highest BCUT2D eigenvalue weighted by Crippen LogP contribution is 2.26. The molecule has 0 aliphatic rings. The van der Waals surface area contributed by atoms with Gasteiger partial charge in [0.15, 0.2) is 0 Å². The van der Waals surface area contributed by atoms with Crippen LogP contribution in [0.15, 0.2) is 89.8 Å². The molecule has 2 unspecified atom stereocenters. The van der Waals surface area contributed by atoms with Crippen molar-refractivity contribution in [3.8, 4) is 0 Å². The zero-order valence-corrected chi connectivity index (χ0v) is 25.6. The molecule has 7 nitrogen and oxygen atoms in total. The van der Waals surface area contributed by atoms with E-state index in [1.165, 1.54) is 12.1 Å². The van der Waals surface area contributed by atoms with Crippen LogP contribution in [0.3, 0.4) is 0 Å². The lowest BCUT2D eigenvalue weighted by Gasteiger charge is -2.33. The quantitative estimate of drug-likeness (QED) is 0.264. The van der Waals surface area contributed by atoms with E-state index in [1.807, 2.05) is 63.2 Å². The smallest absolute Gasteiger partial charge is 0.264 e. The second-order valence-electron chi connectivity index (χ2n) is 10.6. The third kappa shape index (κ3) is 8.43. The molecule has 0 radical (unpaired) electrons. The molecule has 3 rings (SSSR count). The summed E-state index contributed by atoms with van der Waals surface area (Å²) in [6.45, 7) is 9.76. The molecule has 0 saturated heterocycles. The Morgan fingerprint density at radius 3 is 1.93 bits per heavy atom. The number of hydrogen-bond donors (Lipinski definition) is 1. The summed E-state index contributed by atoms with van der Waals surface area (Å²) in [6.07, 6.45) is 1.70. The van der Waals surface area contributed by atoms with Crippen LogP contribution in [0.2, 0.25) is 0 Å². The number of benzene rings is 3. The van der Waals surface area contributed by atoms with Gasteiger partial charge in [-0.3, -0.25) is 13.9 Å². The molecule has 2 atom stereocenters. The summed E-state index contributed by atoms with van der Waals surface area (Å²) in [5, 5.41) is 3.01. The number of carbonyl (C=O) groups excluding carboxylic acids is 2. The van der Waals surface area contributed by atoms with Crippen LogP contribution < -0.4 is 9.62 Å². The Kier molecular flexibility index (Phi) is 11.5. The number of anilines is 1. The average Bonchev–Trinajstić information content (AvgIpc) is 2.98. The third-order valence-electron chi connectivity index (χ3n) is 7.33. The minimum Gasteiger partial charge on any atom is -0.352 e. The molecule has 3 aromatic carbocycles. The van der Waals surface area contributed by atoms with E-state index < -0.39 is 28.5 Å². The van der Waals surface area contributed by atoms with E-state index in [0.717, 1.165) is 21.9 Å². The van der Waals surface area contributed by atoms with Gasteiger partial charge in [0.2, 0.25) is 11.8 Å². The molecule has 0 aromatic heterocycles. The van der Waals surface area contributed by atoms with Crippen LogP contribution in [0.1, 0.15) is 64.5 Å². The predicted octanol–water partition coefficient (Wildman–Crippen LogP) is 5.77. The molecule has 0 fully saturated rings. The van der Waals surface area contributed by atoms with E-state index in [1.54, 1.807) is 35.2 Å². The molecule has 0 saturated carbocycles. The van der Waals surface area contributed by atoms with Gasteiger partial charge in [0.1, 0.15) is 12.6 Å². The van der Waals surface area contributed by atoms with Crippen molar-refractivity contribution in [2.24, 2.45) is 0 Å². The number of nitrogens with zero attached hydrogens (tertiary/aromatic N) is 2. The van der Waals surface area contributed by atoms with Crippen molar-refractivity contribution in [2.45, 2.75) is 76.8 Å². The van der Waals surface area contributed by atoms with E-state index in [2.05, 4.69) is 19.2 Å². The molecule has 3 aromatic rings. The van der Waals surface area contributed by atoms with E-state index in [9.17, 15) is 18.0 Å². The standard InChI is InChI=1S/C33H43N3O4S/c1-6-26(5)34-33(38)31(7-2)35(23-22-27-14-10-8-11-15-27)32(37)24-36(29-20-18-28(19-21-29)25(3)4)41(39,40)30-16-12-9-13-17-30/h8-21,25-26,31H,6-7,22-24H2,1-5H3,(H,34,38). The van der Waals surface area contributed by atoms with Crippen molar-refractivity contribution in [3.63, 3.8) is 0 Å². The van der Waals surface area contributed by atoms with Gasteiger partial charge in [-0.15, -0.1) is 0 Å². The normalized spacial score (nSPS) is 12.9. The van der Waals surface area contributed by atoms with Gasteiger partial charge >= 0.3 is 0 Å². The number of nitrogens with one attached hydrogen (secondary N) is 1. The van der Waals surface area contributed by atoms with Crippen molar-refractivity contribution in [3.05, 3.63) is 96.1 Å². The molecule has 0 aliphatic heterocycles. The maximum absolute atomic E-state index is 14.1. The zero-order valence-electron chi connectivity index (χ0n) is 24.8. The van der Waals surface area contributed by atoms with Gasteiger partial charge in [-0.2, -0.15) is 0 Å². The fraction of sp³-hybridized carbons (Fsp3) is 0.394. The molecule has 8 heteroatoms. The van der Waals surface area contributed by atoms with Crippen LogP contribution in [0.5, 0.6) is 0 Å². The molecule has 0 heterocycles. The van der Waals surface area contributed by atoms with E-state index in [0.29, 0.717) is 18.5 Å². The lowest BCUT2D eigenvalue weighted by molar-refractivity contribution is -0.139. The lowest BCUT2D eigenvalue weighted by atomic mass is 10.0. The molecule has 1 N–H and O–H groups in total. The fourth-order valence-electron chi connectivity index (χ4n) is 4.61. The summed E-state index contributed by atoms with van der Waals surface area (Å²) in [5.74, 6) is -0.394. The SMILES string of the molecule is CCC(C)NC(=O)C(CC)N(CCc1ccccc1)C(=O)CN(c1ccc(C(C)C)cc1)S(=O)(=O)c1ccccc1. The first-order valence-electron chi connectivity index (χ1n) is 14.4. The average molecular weight is 578 g/mol. The highest BCUT2D eigenvalue weighted by molar-refractivity contribution is 7.92. The Morgan fingerprint density at radius 1 is 0.805 bits per heavy atom. The maximum Gasteiger partial charge on any atom is 0.264 e. The minimum atomic E-state index is -4.07. The van der Waals surface area contributed by atoms with Crippen LogP contribution in [0.25, 0.3) is 0 Å². The van der Waals surface area contributed by atoms with Crippen LogP contribution in [-0.2, 0) is 26.0 Å². The summed E-state index contributed by atoms with van der Waals surface area (Å²) in [6, 6.07) is 24.4. The molecule has 0 bridgehead atoms. The Balaban J connectivity index is 2.01. The van der Waals surface area contributed by atoms with Gasteiger partial charge in [-0.05, 0) is 67.5 Å². The number of hydrogen-bond acceptors (Lipinski definition) is 4. The molecular weight excluding hydrogens is 534 g/mol. The number of carbonyl (C=O) groups is 2. The summed E-state index contributed by atoms with van der Waals surface area (Å²) in [5.41, 5.74) is 2.49. The Morgan fingerprint density at radius 2 is 1.39 bits per heavy atom. The molecule has 41 heavy (non-hydrogen) atoms. The highest BCUT2D eigenvalue weighted by Gasteiger charge is 2.33. The summed E-state index contributed by atoms with van der Waals surface area (Å²) >= 11 is 0. The maximum atomic E-state index is 14.1. The molecule has 2 amide bonds. The van der Waals surface area contributed by atoms with Crippen molar-refractivity contribution in [2.75, 3.05) is 17.4 Å². The predicted molar refractivity (Wildman–Crippen MR) is 165 cm³/mol. The largest absolute Gasteiger partial charge is 0.352 e. The first-order valence-corrected chi connectivity index (χ1v) is 15.8. The van der Waals surface area contributed by atoms with E-state index in [-0.39, 0.29) is 29.3 Å². The third-order valence-corrected chi connectivity index (χ3v) is 9.12. The van der Waals surface area contributed by atoms with Crippen molar-refractivity contribution in [1.29, 1.82) is 0 Å². The Labute approximate surface area is 245 Å². The summed E-state index contributed by atoms with van der Waals surface area (Å²) in [7, 11) is -4.07. The molecule has 0 spiro atoms. The minimum absolute atomic E-state index is 0.0444. The van der Waals surface area contributed by atoms with Crippen molar-refractivity contribution < 1.29 is 18.0 Å². The van der Waals surface area contributed by atoms with Gasteiger partial charge < -0.3 is 10.2 Å². The van der Waals surface area contributed by atoms with Crippen LogP contribution >= 0.6 is 0 Å². The number of rotatable bonds is 14. The van der Waals surface area contributed by atoms with Gasteiger partial charge in [-0.1, -0.05) is 88.4 Å². The zero-order chi connectivity index (χ0) is 30.0. The first kappa shape index (κ1) is 31.9. The van der Waals surface area contributed by atoms with Gasteiger partial charge in [-0.25, -0.2) is 8.42 Å². The number of sulfonamides is 1. The van der Waals surface area contributed by atoms with Crippen LogP contribution in [0, 0.1) is 0 Å². The van der Waals surface area contributed by atoms with Crippen molar-refractivity contribution >= 4 is 27.5 Å². The monoisotopic (exact) mass is 577 g/mol. The molecule has 0 aliphatic carbocycles. The Hall–Kier alpha value is -3.65. The second kappa shape index (κ2) is 14.8. The summed E-state index contributed by atoms with van der Waals surface area (Å²) in [4.78, 5) is 29.1. The topological polar surface area (TPSA) is 86.8 Å². The highest BCUT2D eigenvalue weighted by atomic mass is 32.2. The van der Waals surface area contributed by atoms with Gasteiger partial charge in [0, 0.05) is 12.6 Å². The van der Waals surface area contributed by atoms with Crippen LogP contribution in [0.4, 0.5) is 5.69 Å². The first-order chi connectivity index (χ1) is 19.6. The van der Waals surface area contributed by atoms with E-state index in [4.69, 9.17) is 0 Å². The van der Waals surface area contributed by atoms with Crippen LogP contribution in [-0.4, -0.2) is 50.3 Å². The fourth-order valence-corrected chi connectivity index (χ4v) is 6.05. The Bertz CT molecular complexity index is 1360. The van der Waals surface area contributed by atoms with Crippen molar-refractivity contribution in [1.82, 2.24) is 10.2 Å². The van der Waals surface area contributed by atoms with E-state index >= 15 is 0 Å². The summed E-state index contributed by atoms with van der Waals surface area (Å²) < 4.78 is 29.0. The molecular formula is C33H43N3O4S. The molecule has 220 valence electrons. The second-order valence-corrected chi connectivity index (χ2v) is 12.5. The lowest BCUT2D eigenvalue weighted by Crippen LogP contribution is -2.54.